The van der Waals surface area contributed by atoms with Gasteiger partial charge in [-0.3, -0.25) is 10.1 Å². The van der Waals surface area contributed by atoms with Crippen LogP contribution in [-0.2, 0) is 4.74 Å². The molecule has 1 aromatic carbocycles. The van der Waals surface area contributed by atoms with Crippen LogP contribution in [0.2, 0.25) is 0 Å². The van der Waals surface area contributed by atoms with Gasteiger partial charge in [-0.05, 0) is 18.1 Å². The van der Waals surface area contributed by atoms with E-state index in [1.165, 1.54) is 12.1 Å². The Balaban J connectivity index is 2.77. The molecule has 6 heteroatoms. The first kappa shape index (κ1) is 13.4. The van der Waals surface area contributed by atoms with Crippen LogP contribution in [0.15, 0.2) is 18.2 Å². The predicted octanol–water partition coefficient (Wildman–Crippen LogP) is 2.43. The van der Waals surface area contributed by atoms with Crippen molar-refractivity contribution in [3.8, 4) is 0 Å². The van der Waals surface area contributed by atoms with Gasteiger partial charge in [0.25, 0.3) is 0 Å². The average Bonchev–Trinajstić information content (AvgIpc) is 2.26. The van der Waals surface area contributed by atoms with Gasteiger partial charge in [0.1, 0.15) is 5.69 Å². The lowest BCUT2D eigenvalue weighted by atomic mass is 10.2. The van der Waals surface area contributed by atoms with Crippen molar-refractivity contribution in [2.24, 2.45) is 5.92 Å². The summed E-state index contributed by atoms with van der Waals surface area (Å²) in [5.41, 5.74) is -0.324. The summed E-state index contributed by atoms with van der Waals surface area (Å²) < 4.78 is 18.2. The Hall–Kier alpha value is -1.69. The third kappa shape index (κ3) is 3.67. The number of anilines is 1. The zero-order chi connectivity index (χ0) is 12.8. The lowest BCUT2D eigenvalue weighted by Crippen LogP contribution is -2.16. The average molecular weight is 242 g/mol. The fraction of sp³-hybridized carbons (Fsp3) is 0.455. The first-order valence-corrected chi connectivity index (χ1v) is 5.22. The topological polar surface area (TPSA) is 64.4 Å². The van der Waals surface area contributed by atoms with Crippen LogP contribution < -0.4 is 5.32 Å². The summed E-state index contributed by atoms with van der Waals surface area (Å²) in [5.74, 6) is -0.651. The van der Waals surface area contributed by atoms with Crippen molar-refractivity contribution in [2.45, 2.75) is 6.92 Å². The summed E-state index contributed by atoms with van der Waals surface area (Å²) in [4.78, 5) is 9.99. The van der Waals surface area contributed by atoms with Crippen LogP contribution >= 0.6 is 0 Å². The van der Waals surface area contributed by atoms with E-state index in [2.05, 4.69) is 5.32 Å². The number of rotatable bonds is 6. The number of hydrogen-bond donors (Lipinski definition) is 1. The van der Waals surface area contributed by atoms with Crippen LogP contribution in [0.4, 0.5) is 15.8 Å². The van der Waals surface area contributed by atoms with Gasteiger partial charge in [0.05, 0.1) is 11.5 Å². The molecule has 17 heavy (non-hydrogen) atoms. The fourth-order valence-electron chi connectivity index (χ4n) is 1.47. The standard InChI is InChI=1S/C11H15FN2O3/c1-8(7-17-2)6-13-10-5-3-4-9(12)11(10)14(15)16/h3-5,8,13H,6-7H2,1-2H3. The Morgan fingerprint density at radius 3 is 2.88 bits per heavy atom. The largest absolute Gasteiger partial charge is 0.384 e. The highest BCUT2D eigenvalue weighted by molar-refractivity contribution is 5.61. The first-order chi connectivity index (χ1) is 8.06. The van der Waals surface area contributed by atoms with Crippen molar-refractivity contribution in [3.05, 3.63) is 34.1 Å². The molecule has 0 bridgehead atoms. The molecule has 1 unspecified atom stereocenters. The molecule has 0 saturated heterocycles. The maximum Gasteiger partial charge on any atom is 0.327 e. The summed E-state index contributed by atoms with van der Waals surface area (Å²) in [6, 6.07) is 3.99. The highest BCUT2D eigenvalue weighted by atomic mass is 19.1. The Kier molecular flexibility index (Phi) is 4.84. The molecule has 94 valence electrons. The van der Waals surface area contributed by atoms with E-state index in [0.29, 0.717) is 13.2 Å². The molecule has 0 heterocycles. The van der Waals surface area contributed by atoms with Crippen LogP contribution in [0.5, 0.6) is 0 Å². The van der Waals surface area contributed by atoms with E-state index in [0.717, 1.165) is 6.07 Å². The van der Waals surface area contributed by atoms with E-state index in [4.69, 9.17) is 4.74 Å². The van der Waals surface area contributed by atoms with E-state index in [1.54, 1.807) is 7.11 Å². The highest BCUT2D eigenvalue weighted by Gasteiger charge is 2.19. The van der Waals surface area contributed by atoms with Gasteiger partial charge >= 0.3 is 5.69 Å². The van der Waals surface area contributed by atoms with Crippen molar-refractivity contribution >= 4 is 11.4 Å². The van der Waals surface area contributed by atoms with Crippen LogP contribution in [-0.4, -0.2) is 25.2 Å². The number of benzene rings is 1. The number of nitro benzene ring substituents is 1. The molecule has 1 aromatic rings. The number of para-hydroxylation sites is 1. The van der Waals surface area contributed by atoms with E-state index >= 15 is 0 Å². The molecule has 0 aliphatic heterocycles. The number of halogens is 1. The maximum absolute atomic E-state index is 13.3. The summed E-state index contributed by atoms with van der Waals surface area (Å²) >= 11 is 0. The third-order valence-electron chi connectivity index (χ3n) is 2.26. The number of nitrogens with one attached hydrogen (secondary N) is 1. The molecule has 0 aromatic heterocycles. The molecule has 0 spiro atoms. The molecule has 5 nitrogen and oxygen atoms in total. The smallest absolute Gasteiger partial charge is 0.327 e. The molecule has 0 aliphatic rings. The minimum atomic E-state index is -0.834. The minimum Gasteiger partial charge on any atom is -0.384 e. The molecular weight excluding hydrogens is 227 g/mol. The minimum absolute atomic E-state index is 0.183. The summed E-state index contributed by atoms with van der Waals surface area (Å²) in [6.45, 7) is 2.95. The number of hydrogen-bond acceptors (Lipinski definition) is 4. The summed E-state index contributed by atoms with van der Waals surface area (Å²) in [6.07, 6.45) is 0. The van der Waals surface area contributed by atoms with Crippen molar-refractivity contribution in [1.29, 1.82) is 0 Å². The lowest BCUT2D eigenvalue weighted by Gasteiger charge is -2.12. The van der Waals surface area contributed by atoms with E-state index in [-0.39, 0.29) is 11.6 Å². The van der Waals surface area contributed by atoms with Gasteiger partial charge in [0.15, 0.2) is 0 Å². The lowest BCUT2D eigenvalue weighted by molar-refractivity contribution is -0.386. The molecule has 1 atom stereocenters. The molecule has 1 N–H and O–H groups in total. The van der Waals surface area contributed by atoms with Crippen molar-refractivity contribution < 1.29 is 14.1 Å². The Morgan fingerprint density at radius 1 is 1.59 bits per heavy atom. The Morgan fingerprint density at radius 2 is 2.29 bits per heavy atom. The zero-order valence-corrected chi connectivity index (χ0v) is 9.77. The van der Waals surface area contributed by atoms with Crippen LogP contribution in [0.25, 0.3) is 0 Å². The van der Waals surface area contributed by atoms with E-state index in [1.807, 2.05) is 6.92 Å². The summed E-state index contributed by atoms with van der Waals surface area (Å²) in [5, 5.41) is 13.6. The predicted molar refractivity (Wildman–Crippen MR) is 62.6 cm³/mol. The number of methoxy groups -OCH3 is 1. The first-order valence-electron chi connectivity index (χ1n) is 5.22. The second-order valence-electron chi connectivity index (χ2n) is 3.83. The fourth-order valence-corrected chi connectivity index (χ4v) is 1.47. The van der Waals surface area contributed by atoms with E-state index < -0.39 is 16.4 Å². The maximum atomic E-state index is 13.3. The van der Waals surface area contributed by atoms with Crippen LogP contribution in [0.1, 0.15) is 6.92 Å². The zero-order valence-electron chi connectivity index (χ0n) is 9.77. The van der Waals surface area contributed by atoms with Crippen LogP contribution in [0.3, 0.4) is 0 Å². The molecule has 0 fully saturated rings. The second-order valence-corrected chi connectivity index (χ2v) is 3.83. The second kappa shape index (κ2) is 6.15. The molecule has 0 saturated carbocycles. The number of nitrogens with zero attached hydrogens (tertiary/aromatic N) is 1. The SMILES string of the molecule is COCC(C)CNc1cccc(F)c1[N+](=O)[O-]. The van der Waals surface area contributed by atoms with E-state index in [9.17, 15) is 14.5 Å². The third-order valence-corrected chi connectivity index (χ3v) is 2.26. The molecule has 0 radical (unpaired) electrons. The number of nitro groups is 1. The normalized spacial score (nSPS) is 12.2. The van der Waals surface area contributed by atoms with Crippen LogP contribution in [0, 0.1) is 21.8 Å². The highest BCUT2D eigenvalue weighted by Crippen LogP contribution is 2.27. The van der Waals surface area contributed by atoms with Gasteiger partial charge in [0.2, 0.25) is 5.82 Å². The van der Waals surface area contributed by atoms with Gasteiger partial charge in [0, 0.05) is 13.7 Å². The van der Waals surface area contributed by atoms with Gasteiger partial charge in [-0.25, -0.2) is 0 Å². The Bertz CT molecular complexity index is 398. The summed E-state index contributed by atoms with van der Waals surface area (Å²) in [7, 11) is 1.58. The van der Waals surface area contributed by atoms with Gasteiger partial charge in [-0.15, -0.1) is 0 Å². The van der Waals surface area contributed by atoms with Gasteiger partial charge < -0.3 is 10.1 Å². The van der Waals surface area contributed by atoms with Crippen molar-refractivity contribution in [3.63, 3.8) is 0 Å². The van der Waals surface area contributed by atoms with Crippen molar-refractivity contribution in [2.75, 3.05) is 25.6 Å². The quantitative estimate of drug-likeness (QED) is 0.614. The monoisotopic (exact) mass is 242 g/mol. The van der Waals surface area contributed by atoms with Crippen molar-refractivity contribution in [1.82, 2.24) is 0 Å². The molecular formula is C11H15FN2O3. The van der Waals surface area contributed by atoms with Gasteiger partial charge in [-0.1, -0.05) is 13.0 Å². The van der Waals surface area contributed by atoms with Gasteiger partial charge in [-0.2, -0.15) is 4.39 Å². The Labute approximate surface area is 98.7 Å². The molecule has 0 aliphatic carbocycles. The number of ether oxygens (including phenoxy) is 1. The molecule has 0 amide bonds. The molecule has 1 rings (SSSR count).